The van der Waals surface area contributed by atoms with Gasteiger partial charge in [0.2, 0.25) is 0 Å². The Morgan fingerprint density at radius 1 is 1.20 bits per heavy atom. The SMILES string of the molecule is Cc1nc(N2CCN(C(=O)C3CCCO3)CC2)c2cnn(-c3cccc(Cl)c3)c2n1. The van der Waals surface area contributed by atoms with Gasteiger partial charge in [0.15, 0.2) is 5.65 Å². The standard InChI is InChI=1S/C21H23ClN6O2/c1-14-24-19(26-7-9-27(10-8-26)21(29)18-6-3-11-30-18)17-13-23-28(20(17)25-14)16-5-2-4-15(22)12-16/h2,4-5,12-13,18H,3,6-11H2,1H3. The Balaban J connectivity index is 1.41. The van der Waals surface area contributed by atoms with Crippen molar-refractivity contribution in [3.05, 3.63) is 41.3 Å². The van der Waals surface area contributed by atoms with Gasteiger partial charge in [0.05, 0.1) is 17.3 Å². The monoisotopic (exact) mass is 426 g/mol. The molecule has 5 rings (SSSR count). The van der Waals surface area contributed by atoms with Crippen LogP contribution in [-0.4, -0.2) is 69.4 Å². The molecule has 1 amide bonds. The van der Waals surface area contributed by atoms with E-state index in [1.165, 1.54) is 0 Å². The molecule has 0 saturated carbocycles. The van der Waals surface area contributed by atoms with Gasteiger partial charge in [-0.25, -0.2) is 14.6 Å². The number of halogens is 1. The molecule has 2 aliphatic heterocycles. The fourth-order valence-electron chi connectivity index (χ4n) is 4.15. The van der Waals surface area contributed by atoms with Crippen molar-refractivity contribution in [2.24, 2.45) is 0 Å². The molecule has 0 N–H and O–H groups in total. The minimum absolute atomic E-state index is 0.116. The van der Waals surface area contributed by atoms with Gasteiger partial charge in [-0.05, 0) is 38.0 Å². The highest BCUT2D eigenvalue weighted by Gasteiger charge is 2.31. The summed E-state index contributed by atoms with van der Waals surface area (Å²) in [6.07, 6.45) is 3.33. The maximum absolute atomic E-state index is 12.6. The van der Waals surface area contributed by atoms with Crippen LogP contribution in [0.15, 0.2) is 30.5 Å². The first kappa shape index (κ1) is 19.3. The summed E-state index contributed by atoms with van der Waals surface area (Å²) in [5.41, 5.74) is 1.60. The van der Waals surface area contributed by atoms with Crippen molar-refractivity contribution < 1.29 is 9.53 Å². The number of nitrogens with zero attached hydrogens (tertiary/aromatic N) is 6. The molecule has 2 fully saturated rings. The third kappa shape index (κ3) is 3.50. The van der Waals surface area contributed by atoms with Crippen LogP contribution in [0.2, 0.25) is 5.02 Å². The van der Waals surface area contributed by atoms with E-state index < -0.39 is 0 Å². The Bertz CT molecular complexity index is 1090. The Kier molecular flexibility index (Phi) is 5.04. The molecule has 4 heterocycles. The zero-order valence-electron chi connectivity index (χ0n) is 16.8. The molecule has 30 heavy (non-hydrogen) atoms. The van der Waals surface area contributed by atoms with Crippen LogP contribution in [0.25, 0.3) is 16.7 Å². The van der Waals surface area contributed by atoms with Crippen LogP contribution < -0.4 is 4.90 Å². The van der Waals surface area contributed by atoms with Crippen molar-refractivity contribution in [2.75, 3.05) is 37.7 Å². The van der Waals surface area contributed by atoms with Crippen LogP contribution >= 0.6 is 11.6 Å². The van der Waals surface area contributed by atoms with Crippen molar-refractivity contribution in [3.63, 3.8) is 0 Å². The molecular formula is C21H23ClN6O2. The smallest absolute Gasteiger partial charge is 0.251 e. The van der Waals surface area contributed by atoms with E-state index in [4.69, 9.17) is 21.3 Å². The lowest BCUT2D eigenvalue weighted by atomic mass is 10.2. The quantitative estimate of drug-likeness (QED) is 0.640. The van der Waals surface area contributed by atoms with E-state index in [-0.39, 0.29) is 12.0 Å². The van der Waals surface area contributed by atoms with Crippen LogP contribution in [0.1, 0.15) is 18.7 Å². The topological polar surface area (TPSA) is 76.4 Å². The largest absolute Gasteiger partial charge is 0.368 e. The van der Waals surface area contributed by atoms with Crippen molar-refractivity contribution >= 4 is 34.4 Å². The Morgan fingerprint density at radius 2 is 2.03 bits per heavy atom. The highest BCUT2D eigenvalue weighted by molar-refractivity contribution is 6.30. The molecule has 1 unspecified atom stereocenters. The molecule has 0 spiro atoms. The van der Waals surface area contributed by atoms with Crippen molar-refractivity contribution in [1.82, 2.24) is 24.6 Å². The predicted octanol–water partition coefficient (Wildman–Crippen LogP) is 2.60. The number of rotatable bonds is 3. The molecule has 2 aliphatic rings. The molecule has 0 radical (unpaired) electrons. The summed E-state index contributed by atoms with van der Waals surface area (Å²) in [5, 5.41) is 6.08. The first-order chi connectivity index (χ1) is 14.6. The average molecular weight is 427 g/mol. The van der Waals surface area contributed by atoms with E-state index in [1.54, 1.807) is 10.9 Å². The normalized spacial score (nSPS) is 19.6. The van der Waals surface area contributed by atoms with E-state index >= 15 is 0 Å². The number of anilines is 1. The number of aryl methyl sites for hydroxylation is 1. The number of benzene rings is 1. The Hall–Kier alpha value is -2.71. The highest BCUT2D eigenvalue weighted by atomic mass is 35.5. The minimum atomic E-state index is -0.263. The third-order valence-electron chi connectivity index (χ3n) is 5.67. The lowest BCUT2D eigenvalue weighted by Crippen LogP contribution is -2.51. The number of amides is 1. The van der Waals surface area contributed by atoms with Crippen LogP contribution in [0.4, 0.5) is 5.82 Å². The molecule has 1 aromatic carbocycles. The van der Waals surface area contributed by atoms with Crippen LogP contribution in [0, 0.1) is 6.92 Å². The Labute approximate surface area is 179 Å². The van der Waals surface area contributed by atoms with Gasteiger partial charge in [0.25, 0.3) is 5.91 Å². The zero-order chi connectivity index (χ0) is 20.7. The number of piperazine rings is 1. The van der Waals surface area contributed by atoms with Crippen LogP contribution in [-0.2, 0) is 9.53 Å². The molecule has 156 valence electrons. The molecule has 8 nitrogen and oxygen atoms in total. The van der Waals surface area contributed by atoms with E-state index in [2.05, 4.69) is 15.0 Å². The fraction of sp³-hybridized carbons (Fsp3) is 0.429. The molecule has 1 atom stereocenters. The second-order valence-corrected chi connectivity index (χ2v) is 8.12. The third-order valence-corrected chi connectivity index (χ3v) is 5.90. The van der Waals surface area contributed by atoms with Gasteiger partial charge in [0, 0.05) is 37.8 Å². The fourth-order valence-corrected chi connectivity index (χ4v) is 4.34. The number of carbonyl (C=O) groups excluding carboxylic acids is 1. The summed E-state index contributed by atoms with van der Waals surface area (Å²) in [4.78, 5) is 26.1. The predicted molar refractivity (Wildman–Crippen MR) is 114 cm³/mol. The number of fused-ring (bicyclic) bond motifs is 1. The molecule has 2 aromatic heterocycles. The second kappa shape index (κ2) is 7.85. The molecule has 9 heteroatoms. The number of carbonyl (C=O) groups is 1. The average Bonchev–Trinajstić information content (AvgIpc) is 3.43. The summed E-state index contributed by atoms with van der Waals surface area (Å²) < 4.78 is 7.35. The maximum Gasteiger partial charge on any atom is 0.251 e. The molecule has 2 saturated heterocycles. The summed E-state index contributed by atoms with van der Waals surface area (Å²) in [6, 6.07) is 7.54. The lowest BCUT2D eigenvalue weighted by Gasteiger charge is -2.36. The van der Waals surface area contributed by atoms with Gasteiger partial charge in [-0.1, -0.05) is 17.7 Å². The van der Waals surface area contributed by atoms with Crippen LogP contribution in [0.5, 0.6) is 0 Å². The minimum Gasteiger partial charge on any atom is -0.368 e. The molecule has 3 aromatic rings. The van der Waals surface area contributed by atoms with Gasteiger partial charge in [0.1, 0.15) is 17.7 Å². The molecule has 0 bridgehead atoms. The number of ether oxygens (including phenoxy) is 1. The van der Waals surface area contributed by atoms with Crippen LogP contribution in [0.3, 0.4) is 0 Å². The maximum atomic E-state index is 12.6. The van der Waals surface area contributed by atoms with E-state index in [0.29, 0.717) is 43.6 Å². The lowest BCUT2D eigenvalue weighted by molar-refractivity contribution is -0.141. The summed E-state index contributed by atoms with van der Waals surface area (Å²) >= 11 is 6.16. The van der Waals surface area contributed by atoms with Crippen molar-refractivity contribution in [1.29, 1.82) is 0 Å². The zero-order valence-corrected chi connectivity index (χ0v) is 17.5. The number of hydrogen-bond donors (Lipinski definition) is 0. The molecule has 0 aliphatic carbocycles. The summed E-state index contributed by atoms with van der Waals surface area (Å²) in [6.45, 7) is 5.32. The number of hydrogen-bond acceptors (Lipinski definition) is 6. The van der Waals surface area contributed by atoms with Crippen molar-refractivity contribution in [2.45, 2.75) is 25.9 Å². The van der Waals surface area contributed by atoms with E-state index in [0.717, 1.165) is 35.4 Å². The number of aromatic nitrogens is 4. The van der Waals surface area contributed by atoms with E-state index in [9.17, 15) is 4.79 Å². The van der Waals surface area contributed by atoms with Gasteiger partial charge in [-0.2, -0.15) is 5.10 Å². The van der Waals surface area contributed by atoms with Gasteiger partial charge in [-0.15, -0.1) is 0 Å². The highest BCUT2D eigenvalue weighted by Crippen LogP contribution is 2.27. The molecular weight excluding hydrogens is 404 g/mol. The summed E-state index contributed by atoms with van der Waals surface area (Å²) in [5.74, 6) is 1.65. The first-order valence-corrected chi connectivity index (χ1v) is 10.6. The van der Waals surface area contributed by atoms with Gasteiger partial charge >= 0.3 is 0 Å². The van der Waals surface area contributed by atoms with Gasteiger partial charge in [-0.3, -0.25) is 4.79 Å². The van der Waals surface area contributed by atoms with Gasteiger partial charge < -0.3 is 14.5 Å². The van der Waals surface area contributed by atoms with Crippen molar-refractivity contribution in [3.8, 4) is 5.69 Å². The summed E-state index contributed by atoms with van der Waals surface area (Å²) in [7, 11) is 0. The van der Waals surface area contributed by atoms with E-state index in [1.807, 2.05) is 36.1 Å². The first-order valence-electron chi connectivity index (χ1n) is 10.2. The second-order valence-electron chi connectivity index (χ2n) is 7.68. The Morgan fingerprint density at radius 3 is 2.77 bits per heavy atom.